The molecule has 0 saturated carbocycles. The van der Waals surface area contributed by atoms with Gasteiger partial charge in [0, 0.05) is 11.4 Å². The Hall–Kier alpha value is -2.56. The number of ether oxygens (including phenoxy) is 1. The lowest BCUT2D eigenvalue weighted by Gasteiger charge is -2.15. The quantitative estimate of drug-likeness (QED) is 0.648. The van der Waals surface area contributed by atoms with E-state index >= 15 is 0 Å². The smallest absolute Gasteiger partial charge is 0.339 e. The molecule has 2 N–H and O–H groups in total. The molecule has 0 spiro atoms. The number of H-pyrrole nitrogens is 1. The van der Waals surface area contributed by atoms with Gasteiger partial charge in [0.25, 0.3) is 0 Å². The molecule has 0 radical (unpaired) electrons. The third-order valence-corrected chi connectivity index (χ3v) is 4.36. The second-order valence-corrected chi connectivity index (χ2v) is 6.15. The number of carbonyl (C=O) groups excluding carboxylic acids is 2. The molecule has 128 valence electrons. The molecule has 24 heavy (non-hydrogen) atoms. The fourth-order valence-electron chi connectivity index (χ4n) is 2.77. The average Bonchev–Trinajstić information content (AvgIpc) is 2.84. The zero-order chi connectivity index (χ0) is 18.0. The minimum Gasteiger partial charge on any atom is -0.465 e. The minimum absolute atomic E-state index is 0.0935. The van der Waals surface area contributed by atoms with E-state index in [1.807, 2.05) is 39.0 Å². The van der Waals surface area contributed by atoms with E-state index in [1.165, 1.54) is 18.2 Å². The number of benzene rings is 1. The van der Waals surface area contributed by atoms with Crippen LogP contribution in [-0.4, -0.2) is 29.9 Å². The van der Waals surface area contributed by atoms with E-state index in [1.54, 1.807) is 13.8 Å². The predicted molar refractivity (Wildman–Crippen MR) is 94.9 cm³/mol. The van der Waals surface area contributed by atoms with E-state index in [0.717, 1.165) is 5.69 Å². The lowest BCUT2D eigenvalue weighted by Crippen LogP contribution is -2.27. The molecule has 0 aliphatic carbocycles. The van der Waals surface area contributed by atoms with Crippen LogP contribution in [0.5, 0.6) is 0 Å². The van der Waals surface area contributed by atoms with Crippen LogP contribution in [0.1, 0.15) is 50.2 Å². The third-order valence-electron chi connectivity index (χ3n) is 4.36. The summed E-state index contributed by atoms with van der Waals surface area (Å²) in [7, 11) is 1.33. The van der Waals surface area contributed by atoms with Crippen molar-refractivity contribution < 1.29 is 14.3 Å². The molecular formula is C19H24N2O3. The van der Waals surface area contributed by atoms with Gasteiger partial charge in [-0.25, -0.2) is 4.79 Å². The van der Waals surface area contributed by atoms with Crippen molar-refractivity contribution in [3.8, 4) is 0 Å². The summed E-state index contributed by atoms with van der Waals surface area (Å²) in [4.78, 5) is 27.6. The van der Waals surface area contributed by atoms with Gasteiger partial charge in [-0.3, -0.25) is 4.79 Å². The summed E-state index contributed by atoms with van der Waals surface area (Å²) in [5, 5.41) is 3.22. The molecule has 0 fully saturated rings. The van der Waals surface area contributed by atoms with Crippen molar-refractivity contribution in [1.29, 1.82) is 0 Å². The fourth-order valence-corrected chi connectivity index (χ4v) is 2.77. The van der Waals surface area contributed by atoms with Gasteiger partial charge in [-0.15, -0.1) is 0 Å². The zero-order valence-corrected chi connectivity index (χ0v) is 15.0. The summed E-state index contributed by atoms with van der Waals surface area (Å²) >= 11 is 0. The van der Waals surface area contributed by atoms with Gasteiger partial charge in [-0.2, -0.15) is 0 Å². The van der Waals surface area contributed by atoms with Crippen molar-refractivity contribution >= 4 is 17.4 Å². The molecule has 1 heterocycles. The van der Waals surface area contributed by atoms with Gasteiger partial charge in [0.2, 0.25) is 5.78 Å². The second-order valence-electron chi connectivity index (χ2n) is 6.15. The van der Waals surface area contributed by atoms with Gasteiger partial charge >= 0.3 is 5.97 Å². The Morgan fingerprint density at radius 1 is 1.12 bits per heavy atom. The average molecular weight is 328 g/mol. The first-order valence-corrected chi connectivity index (χ1v) is 7.91. The van der Waals surface area contributed by atoms with Crippen LogP contribution < -0.4 is 5.32 Å². The minimum atomic E-state index is -0.435. The predicted octanol–water partition coefficient (Wildman–Crippen LogP) is 3.72. The second kappa shape index (κ2) is 6.91. The van der Waals surface area contributed by atoms with E-state index in [4.69, 9.17) is 4.74 Å². The molecule has 1 aromatic carbocycles. The number of esters is 1. The SMILES string of the molecule is COC(=O)c1c(C)[nH]c(C(=O)[C@H](C)Nc2ccc(C)c(C)c2)c1C. The Morgan fingerprint density at radius 3 is 2.38 bits per heavy atom. The van der Waals surface area contributed by atoms with Crippen molar-refractivity contribution in [3.05, 3.63) is 51.8 Å². The lowest BCUT2D eigenvalue weighted by molar-refractivity contribution is 0.0599. The van der Waals surface area contributed by atoms with E-state index in [9.17, 15) is 9.59 Å². The Morgan fingerprint density at radius 2 is 1.79 bits per heavy atom. The van der Waals surface area contributed by atoms with Crippen LogP contribution >= 0.6 is 0 Å². The highest BCUT2D eigenvalue weighted by atomic mass is 16.5. The molecule has 0 unspecified atom stereocenters. The largest absolute Gasteiger partial charge is 0.465 e. The van der Waals surface area contributed by atoms with Gasteiger partial charge < -0.3 is 15.0 Å². The van der Waals surface area contributed by atoms with Gasteiger partial charge in [-0.05, 0) is 63.4 Å². The first-order valence-electron chi connectivity index (χ1n) is 7.91. The van der Waals surface area contributed by atoms with Crippen LogP contribution in [0, 0.1) is 27.7 Å². The van der Waals surface area contributed by atoms with Crippen LogP contribution in [0.3, 0.4) is 0 Å². The molecule has 0 aliphatic heterocycles. The van der Waals surface area contributed by atoms with Crippen LogP contribution in [-0.2, 0) is 4.74 Å². The van der Waals surface area contributed by atoms with Crippen molar-refractivity contribution in [2.45, 2.75) is 40.7 Å². The summed E-state index contributed by atoms with van der Waals surface area (Å²) in [5.41, 5.74) is 5.40. The summed E-state index contributed by atoms with van der Waals surface area (Å²) in [5.74, 6) is -0.529. The summed E-state index contributed by atoms with van der Waals surface area (Å²) in [6.07, 6.45) is 0. The van der Waals surface area contributed by atoms with Crippen molar-refractivity contribution in [3.63, 3.8) is 0 Å². The number of hydrogen-bond acceptors (Lipinski definition) is 4. The number of methoxy groups -OCH3 is 1. The number of carbonyl (C=O) groups is 2. The summed E-state index contributed by atoms with van der Waals surface area (Å²) < 4.78 is 4.79. The zero-order valence-electron chi connectivity index (χ0n) is 15.0. The Kier molecular flexibility index (Phi) is 5.12. The van der Waals surface area contributed by atoms with Crippen LogP contribution in [0.2, 0.25) is 0 Å². The Bertz CT molecular complexity index is 790. The molecule has 5 heteroatoms. The number of aromatic nitrogens is 1. The molecule has 5 nitrogen and oxygen atoms in total. The highest BCUT2D eigenvalue weighted by molar-refractivity contribution is 6.04. The van der Waals surface area contributed by atoms with Gasteiger partial charge in [-0.1, -0.05) is 6.07 Å². The number of anilines is 1. The third kappa shape index (κ3) is 3.35. The maximum atomic E-state index is 12.8. The molecule has 0 saturated heterocycles. The summed E-state index contributed by atoms with van der Waals surface area (Å²) in [6, 6.07) is 5.58. The Labute approximate surface area is 142 Å². The molecule has 2 rings (SSSR count). The molecule has 0 amide bonds. The molecular weight excluding hydrogens is 304 g/mol. The lowest BCUT2D eigenvalue weighted by atomic mass is 10.0. The van der Waals surface area contributed by atoms with Gasteiger partial charge in [0.15, 0.2) is 0 Å². The van der Waals surface area contributed by atoms with Gasteiger partial charge in [0.1, 0.15) is 0 Å². The molecule has 1 atom stereocenters. The number of ketones is 1. The van der Waals surface area contributed by atoms with Crippen LogP contribution in [0.25, 0.3) is 0 Å². The van der Waals surface area contributed by atoms with E-state index in [-0.39, 0.29) is 5.78 Å². The molecule has 0 aliphatic rings. The normalized spacial score (nSPS) is 11.9. The number of aryl methyl sites for hydroxylation is 3. The monoisotopic (exact) mass is 328 g/mol. The molecule has 2 aromatic rings. The highest BCUT2D eigenvalue weighted by Crippen LogP contribution is 2.21. The number of aromatic amines is 1. The van der Waals surface area contributed by atoms with Crippen molar-refractivity contribution in [2.24, 2.45) is 0 Å². The number of hydrogen-bond donors (Lipinski definition) is 2. The topological polar surface area (TPSA) is 71.2 Å². The van der Waals surface area contributed by atoms with Crippen LogP contribution in [0.15, 0.2) is 18.2 Å². The standard InChI is InChI=1S/C19H24N2O3/c1-10-7-8-15(9-11(10)2)20-14(5)18(22)17-12(3)16(13(4)21-17)19(23)24-6/h7-9,14,20-21H,1-6H3/t14-/m0/s1. The van der Waals surface area contributed by atoms with Gasteiger partial charge in [0.05, 0.1) is 24.4 Å². The van der Waals surface area contributed by atoms with Crippen LogP contribution in [0.4, 0.5) is 5.69 Å². The molecule has 0 bridgehead atoms. The first-order chi connectivity index (χ1) is 11.3. The maximum Gasteiger partial charge on any atom is 0.339 e. The van der Waals surface area contributed by atoms with Crippen molar-refractivity contribution in [1.82, 2.24) is 4.98 Å². The molecule has 1 aromatic heterocycles. The highest BCUT2D eigenvalue weighted by Gasteiger charge is 2.25. The van der Waals surface area contributed by atoms with E-state index in [0.29, 0.717) is 22.5 Å². The summed E-state index contributed by atoms with van der Waals surface area (Å²) in [6.45, 7) is 9.41. The van der Waals surface area contributed by atoms with E-state index < -0.39 is 12.0 Å². The number of nitrogens with one attached hydrogen (secondary N) is 2. The number of Topliss-reactive ketones (excluding diaryl/α,β-unsaturated/α-hetero) is 1. The van der Waals surface area contributed by atoms with Crippen molar-refractivity contribution in [2.75, 3.05) is 12.4 Å². The maximum absolute atomic E-state index is 12.8. The first kappa shape index (κ1) is 17.8. The Balaban J connectivity index is 2.25. The van der Waals surface area contributed by atoms with E-state index in [2.05, 4.69) is 10.3 Å². The number of rotatable bonds is 5. The fraction of sp³-hybridized carbons (Fsp3) is 0.368.